The zero-order valence-corrected chi connectivity index (χ0v) is 10.6. The highest BCUT2D eigenvalue weighted by Crippen LogP contribution is 2.27. The molecule has 0 saturated heterocycles. The van der Waals surface area contributed by atoms with E-state index in [2.05, 4.69) is 0 Å². The molecule has 1 N–H and O–H groups in total. The second kappa shape index (κ2) is 7.14. The highest BCUT2D eigenvalue weighted by atomic mass is 16.5. The third kappa shape index (κ3) is 4.24. The van der Waals surface area contributed by atoms with E-state index in [-0.39, 0.29) is 0 Å². The topological polar surface area (TPSA) is 47.9 Å². The second-order valence-corrected chi connectivity index (χ2v) is 3.77. The fourth-order valence-corrected chi connectivity index (χ4v) is 1.40. The Morgan fingerprint density at radius 1 is 1.18 bits per heavy atom. The van der Waals surface area contributed by atoms with Crippen molar-refractivity contribution in [3.8, 4) is 11.5 Å². The summed E-state index contributed by atoms with van der Waals surface area (Å²) in [6.07, 6.45) is 0.307. The van der Waals surface area contributed by atoms with E-state index in [0.29, 0.717) is 31.1 Å². The maximum absolute atomic E-state index is 9.35. The van der Waals surface area contributed by atoms with Crippen LogP contribution in [-0.2, 0) is 11.3 Å². The lowest BCUT2D eigenvalue weighted by Gasteiger charge is -2.11. The van der Waals surface area contributed by atoms with E-state index in [1.54, 1.807) is 14.2 Å². The van der Waals surface area contributed by atoms with Crippen LogP contribution in [0.1, 0.15) is 18.9 Å². The molecule has 0 spiro atoms. The molecular weight excluding hydrogens is 220 g/mol. The molecule has 0 radical (unpaired) electrons. The Hall–Kier alpha value is -1.26. The molecule has 0 fully saturated rings. The van der Waals surface area contributed by atoms with Gasteiger partial charge in [0.2, 0.25) is 0 Å². The van der Waals surface area contributed by atoms with Crippen LogP contribution in [0, 0.1) is 0 Å². The number of methoxy groups -OCH3 is 2. The molecule has 4 nitrogen and oxygen atoms in total. The SMILES string of the molecule is CCC(O)COCc1ccc(OC)c(OC)c1. The van der Waals surface area contributed by atoms with Crippen LogP contribution in [0.3, 0.4) is 0 Å². The van der Waals surface area contributed by atoms with Crippen molar-refractivity contribution >= 4 is 0 Å². The Balaban J connectivity index is 2.54. The molecule has 0 heterocycles. The predicted molar refractivity (Wildman–Crippen MR) is 65.5 cm³/mol. The van der Waals surface area contributed by atoms with Gasteiger partial charge < -0.3 is 19.3 Å². The Bertz CT molecular complexity index is 338. The van der Waals surface area contributed by atoms with Crippen LogP contribution in [0.2, 0.25) is 0 Å². The fraction of sp³-hybridized carbons (Fsp3) is 0.538. The van der Waals surface area contributed by atoms with E-state index < -0.39 is 6.10 Å². The minimum absolute atomic E-state index is 0.352. The largest absolute Gasteiger partial charge is 0.493 e. The smallest absolute Gasteiger partial charge is 0.161 e. The third-order valence-electron chi connectivity index (χ3n) is 2.50. The highest BCUT2D eigenvalue weighted by molar-refractivity contribution is 5.42. The normalized spacial score (nSPS) is 12.2. The molecule has 0 amide bonds. The monoisotopic (exact) mass is 240 g/mol. The maximum Gasteiger partial charge on any atom is 0.161 e. The van der Waals surface area contributed by atoms with Crippen LogP contribution in [0.4, 0.5) is 0 Å². The van der Waals surface area contributed by atoms with Crippen molar-refractivity contribution in [3.63, 3.8) is 0 Å². The number of rotatable bonds is 7. The van der Waals surface area contributed by atoms with Crippen molar-refractivity contribution in [1.29, 1.82) is 0 Å². The van der Waals surface area contributed by atoms with Gasteiger partial charge in [0, 0.05) is 0 Å². The molecule has 0 aromatic heterocycles. The van der Waals surface area contributed by atoms with Gasteiger partial charge in [-0.3, -0.25) is 0 Å². The molecule has 0 bridgehead atoms. The Labute approximate surface area is 102 Å². The van der Waals surface area contributed by atoms with Crippen LogP contribution < -0.4 is 9.47 Å². The van der Waals surface area contributed by atoms with Gasteiger partial charge in [-0.2, -0.15) is 0 Å². The molecule has 1 rings (SSSR count). The van der Waals surface area contributed by atoms with E-state index in [9.17, 15) is 5.11 Å². The highest BCUT2D eigenvalue weighted by Gasteiger charge is 2.05. The summed E-state index contributed by atoms with van der Waals surface area (Å²) in [6.45, 7) is 2.73. The van der Waals surface area contributed by atoms with Crippen molar-refractivity contribution < 1.29 is 19.3 Å². The molecule has 1 unspecified atom stereocenters. The van der Waals surface area contributed by atoms with Gasteiger partial charge >= 0.3 is 0 Å². The summed E-state index contributed by atoms with van der Waals surface area (Å²) < 4.78 is 15.7. The second-order valence-electron chi connectivity index (χ2n) is 3.77. The average molecular weight is 240 g/mol. The first kappa shape index (κ1) is 13.8. The molecule has 4 heteroatoms. The summed E-state index contributed by atoms with van der Waals surface area (Å²) in [5.41, 5.74) is 0.992. The van der Waals surface area contributed by atoms with Crippen LogP contribution in [0.15, 0.2) is 18.2 Å². The van der Waals surface area contributed by atoms with Gasteiger partial charge in [-0.25, -0.2) is 0 Å². The summed E-state index contributed by atoms with van der Waals surface area (Å²) in [6, 6.07) is 5.63. The maximum atomic E-state index is 9.35. The Morgan fingerprint density at radius 3 is 2.47 bits per heavy atom. The molecule has 0 saturated carbocycles. The predicted octanol–water partition coefficient (Wildman–Crippen LogP) is 1.99. The lowest BCUT2D eigenvalue weighted by atomic mass is 10.2. The average Bonchev–Trinajstić information content (AvgIpc) is 2.38. The van der Waals surface area contributed by atoms with Gasteiger partial charge in [0.1, 0.15) is 0 Å². The van der Waals surface area contributed by atoms with E-state index in [1.165, 1.54) is 0 Å². The zero-order chi connectivity index (χ0) is 12.7. The van der Waals surface area contributed by atoms with Gasteiger partial charge in [0.25, 0.3) is 0 Å². The summed E-state index contributed by atoms with van der Waals surface area (Å²) in [5, 5.41) is 9.35. The van der Waals surface area contributed by atoms with E-state index in [0.717, 1.165) is 5.56 Å². The van der Waals surface area contributed by atoms with E-state index >= 15 is 0 Å². The Morgan fingerprint density at radius 2 is 1.88 bits per heavy atom. The Kier molecular flexibility index (Phi) is 5.80. The lowest BCUT2D eigenvalue weighted by molar-refractivity contribution is 0.0268. The number of ether oxygens (including phenoxy) is 3. The number of benzene rings is 1. The van der Waals surface area contributed by atoms with Crippen LogP contribution in [-0.4, -0.2) is 32.0 Å². The van der Waals surface area contributed by atoms with Crippen LogP contribution in [0.5, 0.6) is 11.5 Å². The fourth-order valence-electron chi connectivity index (χ4n) is 1.40. The molecule has 1 aromatic rings. The first-order chi connectivity index (χ1) is 8.21. The van der Waals surface area contributed by atoms with Gasteiger partial charge in [-0.05, 0) is 24.1 Å². The number of aliphatic hydroxyl groups is 1. The van der Waals surface area contributed by atoms with Crippen molar-refractivity contribution in [3.05, 3.63) is 23.8 Å². The molecule has 0 aliphatic rings. The first-order valence-electron chi connectivity index (χ1n) is 5.68. The van der Waals surface area contributed by atoms with Crippen LogP contribution in [0.25, 0.3) is 0 Å². The van der Waals surface area contributed by atoms with E-state index in [1.807, 2.05) is 25.1 Å². The van der Waals surface area contributed by atoms with E-state index in [4.69, 9.17) is 14.2 Å². The van der Waals surface area contributed by atoms with Gasteiger partial charge in [0.05, 0.1) is 33.5 Å². The molecule has 0 aliphatic heterocycles. The minimum Gasteiger partial charge on any atom is -0.493 e. The van der Waals surface area contributed by atoms with Gasteiger partial charge in [-0.15, -0.1) is 0 Å². The molecule has 1 atom stereocenters. The first-order valence-corrected chi connectivity index (χ1v) is 5.68. The summed E-state index contributed by atoms with van der Waals surface area (Å²) in [5.74, 6) is 1.38. The lowest BCUT2D eigenvalue weighted by Crippen LogP contribution is -2.13. The number of hydrogen-bond acceptors (Lipinski definition) is 4. The zero-order valence-electron chi connectivity index (χ0n) is 10.6. The summed E-state index contributed by atoms with van der Waals surface area (Å²) in [4.78, 5) is 0. The molecule has 17 heavy (non-hydrogen) atoms. The van der Waals surface area contributed by atoms with Gasteiger partial charge in [0.15, 0.2) is 11.5 Å². The quantitative estimate of drug-likeness (QED) is 0.791. The van der Waals surface area contributed by atoms with Crippen LogP contribution >= 0.6 is 0 Å². The molecule has 96 valence electrons. The van der Waals surface area contributed by atoms with Crippen molar-refractivity contribution in [2.24, 2.45) is 0 Å². The van der Waals surface area contributed by atoms with Gasteiger partial charge in [-0.1, -0.05) is 13.0 Å². The molecule has 1 aromatic carbocycles. The van der Waals surface area contributed by atoms with Crippen molar-refractivity contribution in [2.75, 3.05) is 20.8 Å². The summed E-state index contributed by atoms with van der Waals surface area (Å²) >= 11 is 0. The summed E-state index contributed by atoms with van der Waals surface area (Å²) in [7, 11) is 3.20. The number of hydrogen-bond donors (Lipinski definition) is 1. The molecular formula is C13H20O4. The standard InChI is InChI=1S/C13H20O4/c1-4-11(14)9-17-8-10-5-6-12(15-2)13(7-10)16-3/h5-7,11,14H,4,8-9H2,1-3H3. The van der Waals surface area contributed by atoms with Crippen molar-refractivity contribution in [1.82, 2.24) is 0 Å². The third-order valence-corrected chi connectivity index (χ3v) is 2.50. The minimum atomic E-state index is -0.393. The number of aliphatic hydroxyl groups excluding tert-OH is 1. The molecule has 0 aliphatic carbocycles. The van der Waals surface area contributed by atoms with Crippen molar-refractivity contribution in [2.45, 2.75) is 26.1 Å².